The third-order valence-corrected chi connectivity index (χ3v) is 2.60. The Hall–Kier alpha value is -2.34. The Bertz CT molecular complexity index is 607. The average molecular weight is 240 g/mol. The van der Waals surface area contributed by atoms with Crippen LogP contribution in [0.15, 0.2) is 36.4 Å². The molecule has 2 aromatic carbocycles. The number of anilines is 2. The molecule has 0 aliphatic rings. The molecule has 1 N–H and O–H groups in total. The van der Waals surface area contributed by atoms with Gasteiger partial charge in [0.05, 0.1) is 11.3 Å². The van der Waals surface area contributed by atoms with Crippen LogP contribution in [0.1, 0.15) is 16.7 Å². The lowest BCUT2D eigenvalue weighted by molar-refractivity contribution is 0.627. The first-order valence-corrected chi connectivity index (χ1v) is 5.63. The Morgan fingerprint density at radius 1 is 1.06 bits per heavy atom. The van der Waals surface area contributed by atoms with Crippen molar-refractivity contribution in [2.75, 3.05) is 5.32 Å². The zero-order chi connectivity index (χ0) is 13.1. The zero-order valence-electron chi connectivity index (χ0n) is 10.3. The number of hydrogen-bond acceptors (Lipinski definition) is 2. The highest BCUT2D eigenvalue weighted by molar-refractivity contribution is 5.67. The smallest absolute Gasteiger partial charge is 0.124 e. The number of nitrogens with zero attached hydrogens (tertiary/aromatic N) is 1. The first-order chi connectivity index (χ1) is 8.58. The van der Waals surface area contributed by atoms with E-state index in [9.17, 15) is 4.39 Å². The maximum atomic E-state index is 13.0. The van der Waals surface area contributed by atoms with E-state index in [1.165, 1.54) is 12.1 Å². The van der Waals surface area contributed by atoms with E-state index in [4.69, 9.17) is 5.26 Å². The third-order valence-electron chi connectivity index (χ3n) is 2.60. The molecule has 0 unspecified atom stereocenters. The second kappa shape index (κ2) is 4.89. The lowest BCUT2D eigenvalue weighted by atomic mass is 10.1. The van der Waals surface area contributed by atoms with E-state index in [2.05, 4.69) is 11.4 Å². The normalized spacial score (nSPS) is 9.89. The lowest BCUT2D eigenvalue weighted by Crippen LogP contribution is -1.95. The average Bonchev–Trinajstić information content (AvgIpc) is 2.30. The highest BCUT2D eigenvalue weighted by Crippen LogP contribution is 2.23. The third kappa shape index (κ3) is 2.67. The largest absolute Gasteiger partial charge is 0.354 e. The molecule has 0 atom stereocenters. The van der Waals surface area contributed by atoms with Crippen molar-refractivity contribution in [2.45, 2.75) is 13.8 Å². The van der Waals surface area contributed by atoms with Crippen LogP contribution in [0, 0.1) is 31.0 Å². The van der Waals surface area contributed by atoms with E-state index in [-0.39, 0.29) is 0 Å². The number of nitrogens with one attached hydrogen (secondary N) is 1. The Morgan fingerprint density at radius 2 is 1.72 bits per heavy atom. The standard InChI is InChI=1S/C15H13FN2/c1-10-5-11(2)7-14(6-10)18-15-4-3-13(16)8-12(15)9-17/h3-8,18H,1-2H3. The molecule has 90 valence electrons. The fraction of sp³-hybridized carbons (Fsp3) is 0.133. The van der Waals surface area contributed by atoms with Crippen LogP contribution < -0.4 is 5.32 Å². The van der Waals surface area contributed by atoms with Crippen molar-refractivity contribution >= 4 is 11.4 Å². The number of nitriles is 1. The maximum Gasteiger partial charge on any atom is 0.124 e. The number of rotatable bonds is 2. The van der Waals surface area contributed by atoms with E-state index >= 15 is 0 Å². The summed E-state index contributed by atoms with van der Waals surface area (Å²) in [5.74, 6) is -0.405. The van der Waals surface area contributed by atoms with Crippen LogP contribution in [-0.2, 0) is 0 Å². The van der Waals surface area contributed by atoms with E-state index in [0.717, 1.165) is 16.8 Å². The minimum Gasteiger partial charge on any atom is -0.354 e. The van der Waals surface area contributed by atoms with Gasteiger partial charge in [-0.3, -0.25) is 0 Å². The van der Waals surface area contributed by atoms with Crippen LogP contribution >= 0.6 is 0 Å². The first-order valence-electron chi connectivity index (χ1n) is 5.63. The van der Waals surface area contributed by atoms with Gasteiger partial charge in [-0.1, -0.05) is 6.07 Å². The van der Waals surface area contributed by atoms with Gasteiger partial charge in [0.15, 0.2) is 0 Å². The number of benzene rings is 2. The molecule has 0 bridgehead atoms. The fourth-order valence-corrected chi connectivity index (χ4v) is 1.92. The number of hydrogen-bond donors (Lipinski definition) is 1. The van der Waals surface area contributed by atoms with Crippen molar-refractivity contribution in [3.63, 3.8) is 0 Å². The molecule has 0 spiro atoms. The minimum atomic E-state index is -0.405. The van der Waals surface area contributed by atoms with Gasteiger partial charge in [0.2, 0.25) is 0 Å². The van der Waals surface area contributed by atoms with Gasteiger partial charge in [-0.25, -0.2) is 4.39 Å². The Labute approximate surface area is 106 Å². The highest BCUT2D eigenvalue weighted by Gasteiger charge is 2.04. The van der Waals surface area contributed by atoms with Gasteiger partial charge in [-0.05, 0) is 55.3 Å². The molecular formula is C15H13FN2. The predicted molar refractivity (Wildman–Crippen MR) is 70.3 cm³/mol. The Kier molecular flexibility index (Phi) is 3.29. The van der Waals surface area contributed by atoms with Crippen LogP contribution in [0.25, 0.3) is 0 Å². The molecule has 0 heterocycles. The van der Waals surface area contributed by atoms with E-state index in [0.29, 0.717) is 11.3 Å². The summed E-state index contributed by atoms with van der Waals surface area (Å²) in [5, 5.41) is 12.1. The molecule has 0 aliphatic heterocycles. The van der Waals surface area contributed by atoms with Crippen molar-refractivity contribution in [3.8, 4) is 6.07 Å². The quantitative estimate of drug-likeness (QED) is 0.859. The van der Waals surface area contributed by atoms with Gasteiger partial charge < -0.3 is 5.32 Å². The monoisotopic (exact) mass is 240 g/mol. The van der Waals surface area contributed by atoms with Crippen molar-refractivity contribution in [3.05, 3.63) is 58.9 Å². The summed E-state index contributed by atoms with van der Waals surface area (Å²) in [7, 11) is 0. The summed E-state index contributed by atoms with van der Waals surface area (Å²) in [5.41, 5.74) is 4.09. The molecule has 2 nitrogen and oxygen atoms in total. The molecule has 0 fully saturated rings. The molecular weight excluding hydrogens is 227 g/mol. The van der Waals surface area contributed by atoms with Crippen LogP contribution in [-0.4, -0.2) is 0 Å². The zero-order valence-corrected chi connectivity index (χ0v) is 10.3. The topological polar surface area (TPSA) is 35.8 Å². The van der Waals surface area contributed by atoms with Gasteiger partial charge in [0.25, 0.3) is 0 Å². The molecule has 0 amide bonds. The van der Waals surface area contributed by atoms with Crippen LogP contribution in [0.4, 0.5) is 15.8 Å². The summed E-state index contributed by atoms with van der Waals surface area (Å²) in [4.78, 5) is 0. The predicted octanol–water partition coefficient (Wildman–Crippen LogP) is 4.06. The van der Waals surface area contributed by atoms with E-state index in [1.54, 1.807) is 6.07 Å². The summed E-state index contributed by atoms with van der Waals surface area (Å²) >= 11 is 0. The van der Waals surface area contributed by atoms with E-state index in [1.807, 2.05) is 32.0 Å². The van der Waals surface area contributed by atoms with E-state index < -0.39 is 5.82 Å². The fourth-order valence-electron chi connectivity index (χ4n) is 1.92. The molecule has 0 radical (unpaired) electrons. The SMILES string of the molecule is Cc1cc(C)cc(Nc2ccc(F)cc2C#N)c1. The highest BCUT2D eigenvalue weighted by atomic mass is 19.1. The van der Waals surface area contributed by atoms with Crippen LogP contribution in [0.2, 0.25) is 0 Å². The van der Waals surface area contributed by atoms with Crippen LogP contribution in [0.5, 0.6) is 0 Å². The number of aryl methyl sites for hydroxylation is 2. The van der Waals surface area contributed by atoms with Gasteiger partial charge in [0.1, 0.15) is 11.9 Å². The van der Waals surface area contributed by atoms with Crippen molar-refractivity contribution < 1.29 is 4.39 Å². The molecule has 0 aliphatic carbocycles. The van der Waals surface area contributed by atoms with Gasteiger partial charge in [-0.2, -0.15) is 5.26 Å². The second-order valence-electron chi connectivity index (χ2n) is 4.30. The minimum absolute atomic E-state index is 0.300. The summed E-state index contributed by atoms with van der Waals surface area (Å²) < 4.78 is 13.0. The molecule has 0 saturated carbocycles. The summed E-state index contributed by atoms with van der Waals surface area (Å²) in [6, 6.07) is 12.2. The Balaban J connectivity index is 2.37. The van der Waals surface area contributed by atoms with Gasteiger partial charge in [-0.15, -0.1) is 0 Å². The van der Waals surface area contributed by atoms with Crippen LogP contribution in [0.3, 0.4) is 0 Å². The molecule has 0 saturated heterocycles. The lowest BCUT2D eigenvalue weighted by Gasteiger charge is -2.10. The molecule has 3 heteroatoms. The molecule has 0 aromatic heterocycles. The summed E-state index contributed by atoms with van der Waals surface area (Å²) in [6.07, 6.45) is 0. The Morgan fingerprint density at radius 3 is 2.33 bits per heavy atom. The van der Waals surface area contributed by atoms with Crippen molar-refractivity contribution in [2.24, 2.45) is 0 Å². The second-order valence-corrected chi connectivity index (χ2v) is 4.30. The first kappa shape index (κ1) is 12.1. The molecule has 2 aromatic rings. The number of halogens is 1. The molecule has 2 rings (SSSR count). The summed E-state index contributed by atoms with van der Waals surface area (Å²) in [6.45, 7) is 4.02. The maximum absolute atomic E-state index is 13.0. The van der Waals surface area contributed by atoms with Crippen molar-refractivity contribution in [1.82, 2.24) is 0 Å². The molecule has 18 heavy (non-hydrogen) atoms. The van der Waals surface area contributed by atoms with Crippen molar-refractivity contribution in [1.29, 1.82) is 5.26 Å². The van der Waals surface area contributed by atoms with Gasteiger partial charge in [0, 0.05) is 5.69 Å². The van der Waals surface area contributed by atoms with Gasteiger partial charge >= 0.3 is 0 Å².